The largest absolute Gasteiger partial charge is 0.326 e. The Morgan fingerprint density at radius 2 is 1.39 bits per heavy atom. The van der Waals surface area contributed by atoms with Crippen molar-refractivity contribution in [1.82, 2.24) is 0 Å². The summed E-state index contributed by atoms with van der Waals surface area (Å²) in [5, 5.41) is 5.57. The van der Waals surface area contributed by atoms with E-state index < -0.39 is 0 Å². The normalized spacial score (nSPS) is 10.4. The molecule has 0 heterocycles. The van der Waals surface area contributed by atoms with Crippen molar-refractivity contribution < 1.29 is 9.59 Å². The van der Waals surface area contributed by atoms with Gasteiger partial charge in [0.15, 0.2) is 0 Å². The summed E-state index contributed by atoms with van der Waals surface area (Å²) in [6.45, 7) is 5.65. The number of benzene rings is 3. The first-order valence-electron chi connectivity index (χ1n) is 8.95. The van der Waals surface area contributed by atoms with Crippen LogP contribution in [0, 0.1) is 13.8 Å². The zero-order valence-electron chi connectivity index (χ0n) is 16.1. The quantitative estimate of drug-likeness (QED) is 0.590. The minimum Gasteiger partial charge on any atom is -0.326 e. The number of hydrogen-bond donors (Lipinski definition) is 2. The fraction of sp³-hybridized carbons (Fsp3) is 0.130. The molecule has 0 aliphatic carbocycles. The van der Waals surface area contributed by atoms with Gasteiger partial charge in [-0.1, -0.05) is 29.5 Å². The first kappa shape index (κ1) is 19.7. The molecular formula is C23H22N2O2S. The third-order valence-corrected chi connectivity index (χ3v) is 5.32. The lowest BCUT2D eigenvalue weighted by atomic mass is 10.2. The Balaban J connectivity index is 1.63. The lowest BCUT2D eigenvalue weighted by molar-refractivity contribution is -0.114. The van der Waals surface area contributed by atoms with Crippen LogP contribution in [0.25, 0.3) is 0 Å². The number of carbonyl (C=O) groups excluding carboxylic acids is 2. The molecule has 5 heteroatoms. The van der Waals surface area contributed by atoms with E-state index in [-0.39, 0.29) is 11.8 Å². The van der Waals surface area contributed by atoms with Gasteiger partial charge in [-0.05, 0) is 74.0 Å². The van der Waals surface area contributed by atoms with E-state index in [1.54, 1.807) is 36.0 Å². The molecule has 0 aliphatic rings. The van der Waals surface area contributed by atoms with Crippen LogP contribution in [0.15, 0.2) is 76.5 Å². The minimum atomic E-state index is -0.191. The van der Waals surface area contributed by atoms with Gasteiger partial charge in [0.05, 0.1) is 0 Å². The van der Waals surface area contributed by atoms with Gasteiger partial charge >= 0.3 is 0 Å². The average molecular weight is 391 g/mol. The molecule has 2 N–H and O–H groups in total. The summed E-state index contributed by atoms with van der Waals surface area (Å²) in [7, 11) is 0. The molecule has 28 heavy (non-hydrogen) atoms. The smallest absolute Gasteiger partial charge is 0.255 e. The highest BCUT2D eigenvalue weighted by atomic mass is 32.2. The predicted molar refractivity (Wildman–Crippen MR) is 115 cm³/mol. The maximum Gasteiger partial charge on any atom is 0.255 e. The number of rotatable bonds is 5. The van der Waals surface area contributed by atoms with Crippen LogP contribution in [0.2, 0.25) is 0 Å². The maximum atomic E-state index is 12.4. The molecule has 3 aromatic carbocycles. The molecule has 3 rings (SSSR count). The van der Waals surface area contributed by atoms with Gasteiger partial charge in [0.2, 0.25) is 5.91 Å². The van der Waals surface area contributed by atoms with E-state index in [1.165, 1.54) is 22.9 Å². The number of carbonyl (C=O) groups is 2. The molecule has 0 unspecified atom stereocenters. The second-order valence-electron chi connectivity index (χ2n) is 6.61. The Bertz CT molecular complexity index is 996. The molecule has 0 fully saturated rings. The number of amides is 2. The van der Waals surface area contributed by atoms with Gasteiger partial charge < -0.3 is 10.6 Å². The molecule has 0 saturated carbocycles. The molecule has 3 aromatic rings. The van der Waals surface area contributed by atoms with Gasteiger partial charge in [-0.3, -0.25) is 9.59 Å². The summed E-state index contributed by atoms with van der Waals surface area (Å²) in [5.74, 6) is -0.333. The monoisotopic (exact) mass is 390 g/mol. The van der Waals surface area contributed by atoms with Crippen LogP contribution < -0.4 is 10.6 Å². The van der Waals surface area contributed by atoms with Crippen LogP contribution in [0.3, 0.4) is 0 Å². The van der Waals surface area contributed by atoms with Crippen LogP contribution in [-0.4, -0.2) is 11.8 Å². The van der Waals surface area contributed by atoms with Crippen LogP contribution in [0.5, 0.6) is 0 Å². The first-order chi connectivity index (χ1) is 13.4. The van der Waals surface area contributed by atoms with Crippen molar-refractivity contribution >= 4 is 35.0 Å². The van der Waals surface area contributed by atoms with Crippen LogP contribution in [0.1, 0.15) is 28.4 Å². The van der Waals surface area contributed by atoms with Crippen LogP contribution >= 0.6 is 11.8 Å². The van der Waals surface area contributed by atoms with E-state index >= 15 is 0 Å². The standard InChI is InChI=1S/C23H22N2O2S/c1-15-4-13-22(16(2)14-15)28-21-11-9-20(10-12-21)25-23(27)18-5-7-19(8-6-18)24-17(3)26/h4-14H,1-3H3,(H,24,26)(H,25,27). The second kappa shape index (κ2) is 8.76. The molecule has 0 bridgehead atoms. The Labute approximate surface area is 169 Å². The molecule has 0 aromatic heterocycles. The van der Waals surface area contributed by atoms with Gasteiger partial charge in [-0.15, -0.1) is 0 Å². The minimum absolute atomic E-state index is 0.143. The van der Waals surface area contributed by atoms with Crippen molar-refractivity contribution in [2.24, 2.45) is 0 Å². The predicted octanol–water partition coefficient (Wildman–Crippen LogP) is 5.67. The van der Waals surface area contributed by atoms with Crippen molar-refractivity contribution in [3.8, 4) is 0 Å². The van der Waals surface area contributed by atoms with E-state index in [0.717, 1.165) is 10.6 Å². The average Bonchev–Trinajstić information content (AvgIpc) is 2.65. The lowest BCUT2D eigenvalue weighted by Crippen LogP contribution is -2.12. The summed E-state index contributed by atoms with van der Waals surface area (Å²) in [6, 6.07) is 21.0. The summed E-state index contributed by atoms with van der Waals surface area (Å²) in [6.07, 6.45) is 0. The fourth-order valence-electron chi connectivity index (χ4n) is 2.76. The topological polar surface area (TPSA) is 58.2 Å². The van der Waals surface area contributed by atoms with Crippen molar-refractivity contribution in [3.63, 3.8) is 0 Å². The number of aryl methyl sites for hydroxylation is 2. The molecule has 0 aliphatic heterocycles. The maximum absolute atomic E-state index is 12.4. The van der Waals surface area contributed by atoms with Crippen molar-refractivity contribution in [3.05, 3.63) is 83.4 Å². The van der Waals surface area contributed by atoms with Crippen molar-refractivity contribution in [2.45, 2.75) is 30.6 Å². The molecular weight excluding hydrogens is 368 g/mol. The number of hydrogen-bond acceptors (Lipinski definition) is 3. The molecule has 0 atom stereocenters. The molecule has 2 amide bonds. The third-order valence-electron chi connectivity index (χ3n) is 4.14. The summed E-state index contributed by atoms with van der Waals surface area (Å²) >= 11 is 1.71. The van der Waals surface area contributed by atoms with Gasteiger partial charge in [0.1, 0.15) is 0 Å². The van der Waals surface area contributed by atoms with Gasteiger partial charge in [-0.25, -0.2) is 0 Å². The summed E-state index contributed by atoms with van der Waals surface area (Å²) in [4.78, 5) is 25.8. The van der Waals surface area contributed by atoms with E-state index in [2.05, 4.69) is 42.7 Å². The zero-order chi connectivity index (χ0) is 20.1. The van der Waals surface area contributed by atoms with Crippen LogP contribution in [-0.2, 0) is 4.79 Å². The highest BCUT2D eigenvalue weighted by molar-refractivity contribution is 7.99. The van der Waals surface area contributed by atoms with E-state index in [0.29, 0.717) is 11.3 Å². The SMILES string of the molecule is CC(=O)Nc1ccc(C(=O)Nc2ccc(Sc3ccc(C)cc3C)cc2)cc1. The van der Waals surface area contributed by atoms with Crippen LogP contribution in [0.4, 0.5) is 11.4 Å². The van der Waals surface area contributed by atoms with Crippen molar-refractivity contribution in [2.75, 3.05) is 10.6 Å². The van der Waals surface area contributed by atoms with Gasteiger partial charge in [0, 0.05) is 33.7 Å². The molecule has 0 radical (unpaired) electrons. The van der Waals surface area contributed by atoms with Crippen molar-refractivity contribution in [1.29, 1.82) is 0 Å². The summed E-state index contributed by atoms with van der Waals surface area (Å²) in [5.41, 5.74) is 4.44. The fourth-order valence-corrected chi connectivity index (χ4v) is 3.64. The lowest BCUT2D eigenvalue weighted by Gasteiger charge is -2.09. The zero-order valence-corrected chi connectivity index (χ0v) is 16.9. The Hall–Kier alpha value is -3.05. The first-order valence-corrected chi connectivity index (χ1v) is 9.76. The highest BCUT2D eigenvalue weighted by Crippen LogP contribution is 2.31. The number of anilines is 2. The Morgan fingerprint density at radius 1 is 0.786 bits per heavy atom. The molecule has 0 saturated heterocycles. The summed E-state index contributed by atoms with van der Waals surface area (Å²) < 4.78 is 0. The third kappa shape index (κ3) is 5.24. The van der Waals surface area contributed by atoms with Gasteiger partial charge in [0.25, 0.3) is 5.91 Å². The molecule has 0 spiro atoms. The number of nitrogens with one attached hydrogen (secondary N) is 2. The van der Waals surface area contributed by atoms with E-state index in [1.807, 2.05) is 24.3 Å². The highest BCUT2D eigenvalue weighted by Gasteiger charge is 2.07. The Kier molecular flexibility index (Phi) is 6.16. The second-order valence-corrected chi connectivity index (χ2v) is 7.72. The van der Waals surface area contributed by atoms with E-state index in [4.69, 9.17) is 0 Å². The molecule has 4 nitrogen and oxygen atoms in total. The Morgan fingerprint density at radius 3 is 2.00 bits per heavy atom. The van der Waals surface area contributed by atoms with Gasteiger partial charge in [-0.2, -0.15) is 0 Å². The molecule has 142 valence electrons. The van der Waals surface area contributed by atoms with E-state index in [9.17, 15) is 9.59 Å².